The van der Waals surface area contributed by atoms with Gasteiger partial charge < -0.3 is 15.0 Å². The average Bonchev–Trinajstić information content (AvgIpc) is 2.28. The van der Waals surface area contributed by atoms with Crippen molar-refractivity contribution in [3.63, 3.8) is 0 Å². The molecule has 0 radical (unpaired) electrons. The molecule has 0 spiro atoms. The molecule has 1 aliphatic heterocycles. The van der Waals surface area contributed by atoms with E-state index in [0.717, 1.165) is 37.4 Å². The zero-order valence-electron chi connectivity index (χ0n) is 10.0. The van der Waals surface area contributed by atoms with Crippen molar-refractivity contribution in [1.29, 1.82) is 0 Å². The van der Waals surface area contributed by atoms with Crippen LogP contribution in [0.4, 0.5) is 18.9 Å². The number of nitrogens with one attached hydrogen (secondary N) is 1. The molecule has 1 fully saturated rings. The summed E-state index contributed by atoms with van der Waals surface area (Å²) in [6.45, 7) is 5.29. The molecule has 1 aromatic rings. The zero-order valence-corrected chi connectivity index (χ0v) is 10.0. The molecule has 2 rings (SSSR count). The zero-order chi connectivity index (χ0) is 13.2. The predicted molar refractivity (Wildman–Crippen MR) is 62.9 cm³/mol. The van der Waals surface area contributed by atoms with Crippen LogP contribution >= 0.6 is 0 Å². The van der Waals surface area contributed by atoms with E-state index in [-0.39, 0.29) is 5.75 Å². The minimum absolute atomic E-state index is 0.168. The van der Waals surface area contributed by atoms with E-state index in [1.54, 1.807) is 13.0 Å². The summed E-state index contributed by atoms with van der Waals surface area (Å²) in [4.78, 5) is 2.16. The smallest absolute Gasteiger partial charge is 0.406 e. The fourth-order valence-corrected chi connectivity index (χ4v) is 2.09. The van der Waals surface area contributed by atoms with Gasteiger partial charge in [-0.05, 0) is 30.7 Å². The maximum Gasteiger partial charge on any atom is 0.573 e. The van der Waals surface area contributed by atoms with Crippen LogP contribution in [0.15, 0.2) is 18.2 Å². The molecule has 1 heterocycles. The SMILES string of the molecule is Cc1cc(OC(F)(F)F)ccc1N1CCNCC1. The minimum Gasteiger partial charge on any atom is -0.406 e. The van der Waals surface area contributed by atoms with Crippen molar-refractivity contribution >= 4 is 5.69 Å². The van der Waals surface area contributed by atoms with Crippen molar-refractivity contribution < 1.29 is 17.9 Å². The van der Waals surface area contributed by atoms with Gasteiger partial charge in [-0.1, -0.05) is 0 Å². The first-order valence-electron chi connectivity index (χ1n) is 5.78. The summed E-state index contributed by atoms with van der Waals surface area (Å²) >= 11 is 0. The number of alkyl halides is 3. The lowest BCUT2D eigenvalue weighted by molar-refractivity contribution is -0.274. The first-order valence-corrected chi connectivity index (χ1v) is 5.78. The second kappa shape index (κ2) is 5.06. The third kappa shape index (κ3) is 3.29. The van der Waals surface area contributed by atoms with E-state index in [2.05, 4.69) is 15.0 Å². The number of anilines is 1. The standard InChI is InChI=1S/C12H15F3N2O/c1-9-8-10(18-12(13,14)15)2-3-11(9)17-6-4-16-5-7-17/h2-3,8,16H,4-7H2,1H3. The highest BCUT2D eigenvalue weighted by atomic mass is 19.4. The molecule has 1 aromatic carbocycles. The second-order valence-electron chi connectivity index (χ2n) is 4.23. The van der Waals surface area contributed by atoms with Crippen LogP contribution in [0.5, 0.6) is 5.75 Å². The number of halogens is 3. The van der Waals surface area contributed by atoms with E-state index in [1.807, 2.05) is 0 Å². The van der Waals surface area contributed by atoms with Gasteiger partial charge in [0, 0.05) is 31.9 Å². The minimum atomic E-state index is -4.64. The molecule has 100 valence electrons. The molecule has 1 N–H and O–H groups in total. The number of ether oxygens (including phenoxy) is 1. The molecule has 0 unspecified atom stereocenters. The van der Waals surface area contributed by atoms with Crippen LogP contribution in [-0.4, -0.2) is 32.5 Å². The van der Waals surface area contributed by atoms with Crippen LogP contribution in [0, 0.1) is 6.92 Å². The Labute approximate surface area is 104 Å². The van der Waals surface area contributed by atoms with E-state index in [0.29, 0.717) is 0 Å². The van der Waals surface area contributed by atoms with Gasteiger partial charge in [0.15, 0.2) is 0 Å². The summed E-state index contributed by atoms with van der Waals surface area (Å²) < 4.78 is 40.2. The maximum atomic E-state index is 12.1. The Balaban J connectivity index is 2.14. The molecule has 1 saturated heterocycles. The molecular formula is C12H15F3N2O. The average molecular weight is 260 g/mol. The highest BCUT2D eigenvalue weighted by molar-refractivity contribution is 5.56. The van der Waals surface area contributed by atoms with Crippen molar-refractivity contribution in [3.8, 4) is 5.75 Å². The predicted octanol–water partition coefficient (Wildman–Crippen LogP) is 2.30. The first kappa shape index (κ1) is 13.0. The van der Waals surface area contributed by atoms with Crippen LogP contribution in [-0.2, 0) is 0 Å². The Kier molecular flexibility index (Phi) is 3.65. The largest absolute Gasteiger partial charge is 0.573 e. The van der Waals surface area contributed by atoms with Gasteiger partial charge in [0.2, 0.25) is 0 Å². The number of nitrogens with zero attached hydrogens (tertiary/aromatic N) is 1. The summed E-state index contributed by atoms with van der Waals surface area (Å²) in [6, 6.07) is 4.46. The Hall–Kier alpha value is -1.43. The van der Waals surface area contributed by atoms with Crippen LogP contribution in [0.3, 0.4) is 0 Å². The summed E-state index contributed by atoms with van der Waals surface area (Å²) in [5, 5.41) is 3.23. The molecule has 0 saturated carbocycles. The topological polar surface area (TPSA) is 24.5 Å². The molecule has 0 amide bonds. The van der Waals surface area contributed by atoms with Crippen molar-refractivity contribution in [2.24, 2.45) is 0 Å². The lowest BCUT2D eigenvalue weighted by Gasteiger charge is -2.30. The molecule has 6 heteroatoms. The van der Waals surface area contributed by atoms with Gasteiger partial charge in [0.1, 0.15) is 5.75 Å². The summed E-state index contributed by atoms with van der Waals surface area (Å²) in [5.74, 6) is -0.168. The number of rotatable bonds is 2. The summed E-state index contributed by atoms with van der Waals surface area (Å²) in [7, 11) is 0. The fraction of sp³-hybridized carbons (Fsp3) is 0.500. The lowest BCUT2D eigenvalue weighted by Crippen LogP contribution is -2.43. The highest BCUT2D eigenvalue weighted by Gasteiger charge is 2.31. The van der Waals surface area contributed by atoms with Crippen molar-refractivity contribution in [2.45, 2.75) is 13.3 Å². The normalized spacial score (nSPS) is 16.8. The van der Waals surface area contributed by atoms with E-state index in [9.17, 15) is 13.2 Å². The number of piperazine rings is 1. The van der Waals surface area contributed by atoms with E-state index in [4.69, 9.17) is 0 Å². The number of aryl methyl sites for hydroxylation is 1. The van der Waals surface area contributed by atoms with E-state index in [1.165, 1.54) is 12.1 Å². The fourth-order valence-electron chi connectivity index (χ4n) is 2.09. The Morgan fingerprint density at radius 3 is 2.44 bits per heavy atom. The van der Waals surface area contributed by atoms with Crippen molar-refractivity contribution in [2.75, 3.05) is 31.1 Å². The van der Waals surface area contributed by atoms with Crippen LogP contribution in [0.2, 0.25) is 0 Å². The lowest BCUT2D eigenvalue weighted by atomic mass is 10.1. The second-order valence-corrected chi connectivity index (χ2v) is 4.23. The van der Waals surface area contributed by atoms with Gasteiger partial charge in [-0.2, -0.15) is 0 Å². The molecule has 0 bridgehead atoms. The van der Waals surface area contributed by atoms with Gasteiger partial charge in [0.05, 0.1) is 0 Å². The van der Waals surface area contributed by atoms with Gasteiger partial charge in [-0.15, -0.1) is 13.2 Å². The summed E-state index contributed by atoms with van der Waals surface area (Å²) in [5.41, 5.74) is 1.75. The molecule has 18 heavy (non-hydrogen) atoms. The quantitative estimate of drug-likeness (QED) is 0.883. The number of benzene rings is 1. The van der Waals surface area contributed by atoms with Crippen LogP contribution < -0.4 is 15.0 Å². The van der Waals surface area contributed by atoms with E-state index < -0.39 is 6.36 Å². The Bertz CT molecular complexity index is 414. The third-order valence-electron chi connectivity index (χ3n) is 2.86. The van der Waals surface area contributed by atoms with Gasteiger partial charge in [-0.3, -0.25) is 0 Å². The molecule has 1 aliphatic rings. The van der Waals surface area contributed by atoms with Crippen molar-refractivity contribution in [1.82, 2.24) is 5.32 Å². The van der Waals surface area contributed by atoms with Crippen LogP contribution in [0.25, 0.3) is 0 Å². The third-order valence-corrected chi connectivity index (χ3v) is 2.86. The molecular weight excluding hydrogens is 245 g/mol. The van der Waals surface area contributed by atoms with Gasteiger partial charge >= 0.3 is 6.36 Å². The molecule has 3 nitrogen and oxygen atoms in total. The highest BCUT2D eigenvalue weighted by Crippen LogP contribution is 2.28. The van der Waals surface area contributed by atoms with Crippen LogP contribution in [0.1, 0.15) is 5.56 Å². The molecule has 0 atom stereocenters. The molecule has 0 aliphatic carbocycles. The summed E-state index contributed by atoms with van der Waals surface area (Å²) in [6.07, 6.45) is -4.64. The van der Waals surface area contributed by atoms with Crippen molar-refractivity contribution in [3.05, 3.63) is 23.8 Å². The number of hydrogen-bond donors (Lipinski definition) is 1. The van der Waals surface area contributed by atoms with E-state index >= 15 is 0 Å². The molecule has 0 aromatic heterocycles. The number of hydrogen-bond acceptors (Lipinski definition) is 3. The first-order chi connectivity index (χ1) is 8.46. The van der Waals surface area contributed by atoms with Gasteiger partial charge in [0.25, 0.3) is 0 Å². The van der Waals surface area contributed by atoms with Gasteiger partial charge in [-0.25, -0.2) is 0 Å². The Morgan fingerprint density at radius 1 is 1.22 bits per heavy atom. The Morgan fingerprint density at radius 2 is 1.89 bits per heavy atom. The maximum absolute atomic E-state index is 12.1. The monoisotopic (exact) mass is 260 g/mol.